The second-order valence-corrected chi connectivity index (χ2v) is 15.7. The molecule has 0 aliphatic carbocycles. The van der Waals surface area contributed by atoms with Gasteiger partial charge >= 0.3 is 11.9 Å². The first-order valence-electron chi connectivity index (χ1n) is 20.4. The predicted molar refractivity (Wildman–Crippen MR) is 225 cm³/mol. The Bertz CT molecular complexity index is 1940. The normalized spacial score (nSPS) is 26.6. The summed E-state index contributed by atoms with van der Waals surface area (Å²) in [4.78, 5) is 80.5. The van der Waals surface area contributed by atoms with Crippen molar-refractivity contribution in [2.45, 2.75) is 103 Å². The maximum atomic E-state index is 14.3. The number of ether oxygens (including phenoxy) is 2. The molecule has 1 saturated heterocycles. The molecule has 2 unspecified atom stereocenters. The molecule has 2 bridgehead atoms. The highest BCUT2D eigenvalue weighted by molar-refractivity contribution is 5.93. The largest absolute Gasteiger partial charge is 0.508 e. The van der Waals surface area contributed by atoms with Crippen molar-refractivity contribution >= 4 is 35.4 Å². The molecule has 0 saturated carbocycles. The summed E-state index contributed by atoms with van der Waals surface area (Å²) in [6, 6.07) is 11.1. The highest BCUT2D eigenvalue weighted by Crippen LogP contribution is 2.26. The van der Waals surface area contributed by atoms with Crippen molar-refractivity contribution in [2.75, 3.05) is 6.54 Å². The molecule has 60 heavy (non-hydrogen) atoms. The van der Waals surface area contributed by atoms with Crippen LogP contribution in [0.15, 0.2) is 103 Å². The third-order valence-electron chi connectivity index (χ3n) is 10.4. The summed E-state index contributed by atoms with van der Waals surface area (Å²) in [6.45, 7) is 8.60. The van der Waals surface area contributed by atoms with Crippen molar-refractivity contribution in [3.63, 3.8) is 0 Å². The molecule has 0 radical (unpaired) electrons. The van der Waals surface area contributed by atoms with Crippen LogP contribution in [0.5, 0.6) is 11.5 Å². The van der Waals surface area contributed by atoms with Crippen LogP contribution in [0, 0.1) is 17.8 Å². The molecule has 322 valence electrons. The van der Waals surface area contributed by atoms with Crippen LogP contribution in [0.3, 0.4) is 0 Å². The lowest BCUT2D eigenvalue weighted by Gasteiger charge is -2.36. The number of aromatic hydroxyl groups is 1. The van der Waals surface area contributed by atoms with E-state index in [1.807, 2.05) is 12.2 Å². The van der Waals surface area contributed by atoms with Gasteiger partial charge < -0.3 is 35.1 Å². The zero-order chi connectivity index (χ0) is 43.8. The zero-order valence-electron chi connectivity index (χ0n) is 34.9. The standard InChI is InChI=1S/C46H58N4O10/c1-29(2)40-44(56)48-41(33-18-14-19-34(52)28-33)45(57)50-27-15-22-37(49-50)46(58)60-38(30(3)17-13-24-39(53)59-35-20-10-8-11-21-35)23-12-7-6-9-16-31(4)42(54)36(43(55)47-40)26-25-32(5)51/h6-14,17-21,24,28-29,31,36-38,40-42,49,52,54H,15-16,22-23,25-27H2,1-5H3,(H,47,55)(H,48,56)/b9-6+,12-7+,24-13+,30-17+/t31-,36+,37?,38-,40-,41?,42+/m0/s1. The van der Waals surface area contributed by atoms with E-state index < -0.39 is 77.7 Å². The summed E-state index contributed by atoms with van der Waals surface area (Å²) in [7, 11) is 0. The number of nitrogens with one attached hydrogen (secondary N) is 3. The number of ketones is 1. The van der Waals surface area contributed by atoms with E-state index in [0.717, 1.165) is 0 Å². The van der Waals surface area contributed by atoms with Crippen LogP contribution in [0.25, 0.3) is 0 Å². The SMILES string of the molecule is CC(=O)CC[C@H]1C(=O)N[C@@H](C(C)C)C(=O)NC(c2cccc(O)c2)C(=O)N2CCCC(N2)C(=O)O[C@H](/C(C)=C/C=C/C(=O)Oc2ccccc2)C/C=C/C=C/C[C@H](C)[C@H]1O. The smallest absolute Gasteiger partial charge is 0.336 e. The molecule has 14 heteroatoms. The van der Waals surface area contributed by atoms with Gasteiger partial charge in [-0.15, -0.1) is 0 Å². The lowest BCUT2D eigenvalue weighted by molar-refractivity contribution is -0.156. The summed E-state index contributed by atoms with van der Waals surface area (Å²) >= 11 is 0. The van der Waals surface area contributed by atoms with Crippen LogP contribution >= 0.6 is 0 Å². The Labute approximate surface area is 351 Å². The van der Waals surface area contributed by atoms with E-state index in [-0.39, 0.29) is 42.9 Å². The number of esters is 2. The number of carbonyl (C=O) groups is 6. The van der Waals surface area contributed by atoms with Gasteiger partial charge in [-0.1, -0.05) is 87.6 Å². The number of nitrogens with zero attached hydrogens (tertiary/aromatic N) is 1. The minimum absolute atomic E-state index is 0.0457. The number of fused-ring (bicyclic) bond motifs is 2. The first-order valence-corrected chi connectivity index (χ1v) is 20.4. The van der Waals surface area contributed by atoms with Gasteiger partial charge in [0.1, 0.15) is 41.5 Å². The number of amides is 3. The molecule has 1 fully saturated rings. The van der Waals surface area contributed by atoms with Gasteiger partial charge in [-0.25, -0.2) is 10.2 Å². The number of aliphatic hydroxyl groups is 1. The van der Waals surface area contributed by atoms with Gasteiger partial charge in [0, 0.05) is 25.5 Å². The molecule has 0 aromatic heterocycles. The Morgan fingerprint density at radius 3 is 2.37 bits per heavy atom. The van der Waals surface area contributed by atoms with E-state index in [2.05, 4.69) is 16.1 Å². The first kappa shape index (κ1) is 46.8. The second kappa shape index (κ2) is 23.1. The van der Waals surface area contributed by atoms with Crippen LogP contribution in [-0.2, 0) is 33.5 Å². The van der Waals surface area contributed by atoms with Gasteiger partial charge in [-0.3, -0.25) is 24.2 Å². The van der Waals surface area contributed by atoms with Gasteiger partial charge in [-0.05, 0) is 86.8 Å². The van der Waals surface area contributed by atoms with Crippen LogP contribution in [0.4, 0.5) is 0 Å². The summed E-state index contributed by atoms with van der Waals surface area (Å²) in [5.74, 6) is -4.93. The Morgan fingerprint density at radius 2 is 1.68 bits per heavy atom. The third kappa shape index (κ3) is 14.2. The summed E-state index contributed by atoms with van der Waals surface area (Å²) in [5.41, 5.74) is 3.87. The number of phenols is 1. The fourth-order valence-electron chi connectivity index (χ4n) is 6.87. The summed E-state index contributed by atoms with van der Waals surface area (Å²) in [5, 5.41) is 28.6. The Balaban J connectivity index is 1.68. The van der Waals surface area contributed by atoms with E-state index in [1.54, 1.807) is 82.3 Å². The second-order valence-electron chi connectivity index (χ2n) is 15.7. The molecular weight excluding hydrogens is 769 g/mol. The Hall–Kier alpha value is -5.86. The molecule has 0 spiro atoms. The highest BCUT2D eigenvalue weighted by Gasteiger charge is 2.38. The first-order chi connectivity index (χ1) is 28.6. The minimum Gasteiger partial charge on any atom is -0.508 e. The average Bonchev–Trinajstić information content (AvgIpc) is 3.21. The molecule has 2 aromatic rings. The fraction of sp³-hybridized carbons (Fsp3) is 0.435. The number of carbonyl (C=O) groups excluding carboxylic acids is 6. The molecule has 3 amide bonds. The van der Waals surface area contributed by atoms with Gasteiger partial charge in [0.2, 0.25) is 11.8 Å². The van der Waals surface area contributed by atoms with Crippen molar-refractivity contribution in [3.05, 3.63) is 108 Å². The number of cyclic esters (lactones) is 1. The predicted octanol–water partition coefficient (Wildman–Crippen LogP) is 5.09. The van der Waals surface area contributed by atoms with Crippen LogP contribution in [0.2, 0.25) is 0 Å². The minimum atomic E-state index is -1.35. The molecule has 2 aliphatic rings. The molecule has 2 heterocycles. The number of Topliss-reactive ketones (excluding diaryl/α,β-unsaturated/α-hetero) is 1. The van der Waals surface area contributed by atoms with Gasteiger partial charge in [0.05, 0.1) is 12.0 Å². The maximum absolute atomic E-state index is 14.3. The number of hydrogen-bond acceptors (Lipinski definition) is 11. The van der Waals surface area contributed by atoms with E-state index in [4.69, 9.17) is 9.47 Å². The molecule has 7 atom stereocenters. The van der Waals surface area contributed by atoms with E-state index in [1.165, 1.54) is 42.3 Å². The lowest BCUT2D eigenvalue weighted by atomic mass is 9.85. The van der Waals surface area contributed by atoms with E-state index >= 15 is 0 Å². The van der Waals surface area contributed by atoms with Crippen molar-refractivity contribution in [1.82, 2.24) is 21.1 Å². The van der Waals surface area contributed by atoms with Gasteiger partial charge in [-0.2, -0.15) is 0 Å². The van der Waals surface area contributed by atoms with Crippen molar-refractivity contribution in [3.8, 4) is 11.5 Å². The number of phenolic OH excluding ortho intramolecular Hbond substituents is 1. The Morgan fingerprint density at radius 1 is 0.967 bits per heavy atom. The number of hydrogen-bond donors (Lipinski definition) is 5. The number of aliphatic hydroxyl groups excluding tert-OH is 1. The summed E-state index contributed by atoms with van der Waals surface area (Å²) < 4.78 is 11.4. The fourth-order valence-corrected chi connectivity index (χ4v) is 6.87. The number of benzene rings is 2. The number of allylic oxidation sites excluding steroid dienone is 5. The number of para-hydroxylation sites is 1. The van der Waals surface area contributed by atoms with Crippen LogP contribution < -0.4 is 20.8 Å². The number of hydrazine groups is 1. The summed E-state index contributed by atoms with van der Waals surface area (Å²) in [6.07, 6.45) is 11.2. The molecule has 4 rings (SSSR count). The van der Waals surface area contributed by atoms with Gasteiger partial charge in [0.15, 0.2) is 0 Å². The molecule has 2 aromatic carbocycles. The van der Waals surface area contributed by atoms with E-state index in [0.29, 0.717) is 30.6 Å². The lowest BCUT2D eigenvalue weighted by Crippen LogP contribution is -2.59. The zero-order valence-corrected chi connectivity index (χ0v) is 34.9. The monoisotopic (exact) mass is 826 g/mol. The third-order valence-corrected chi connectivity index (χ3v) is 10.4. The van der Waals surface area contributed by atoms with Crippen LogP contribution in [0.1, 0.15) is 84.7 Å². The maximum Gasteiger partial charge on any atom is 0.336 e. The van der Waals surface area contributed by atoms with E-state index in [9.17, 15) is 39.0 Å². The molecule has 2 aliphatic heterocycles. The quantitative estimate of drug-likeness (QED) is 0.0976. The van der Waals surface area contributed by atoms with Crippen LogP contribution in [-0.4, -0.2) is 81.5 Å². The van der Waals surface area contributed by atoms with Gasteiger partial charge in [0.25, 0.3) is 5.91 Å². The molecule has 14 nitrogen and oxygen atoms in total. The Kier molecular flexibility index (Phi) is 18.0. The van der Waals surface area contributed by atoms with Crippen molar-refractivity contribution < 1.29 is 48.5 Å². The molecular formula is C46H58N4O10. The number of rotatable bonds is 9. The van der Waals surface area contributed by atoms with Crippen molar-refractivity contribution in [2.24, 2.45) is 17.8 Å². The average molecular weight is 827 g/mol. The van der Waals surface area contributed by atoms with Crippen molar-refractivity contribution in [1.29, 1.82) is 0 Å². The highest BCUT2D eigenvalue weighted by atomic mass is 16.5. The molecule has 5 N–H and O–H groups in total. The topological polar surface area (TPSA) is 201 Å².